The molecule has 5 heteroatoms. The predicted octanol–water partition coefficient (Wildman–Crippen LogP) is 15.8. The van der Waals surface area contributed by atoms with Gasteiger partial charge in [-0.25, -0.2) is 15.0 Å². The van der Waals surface area contributed by atoms with Crippen molar-refractivity contribution in [3.8, 4) is 124 Å². The lowest BCUT2D eigenvalue weighted by molar-refractivity contribution is 1.07. The Hall–Kier alpha value is -9.55. The van der Waals surface area contributed by atoms with Gasteiger partial charge in [-0.3, -0.25) is 0 Å². The predicted molar refractivity (Wildman–Crippen MR) is 275 cm³/mol. The maximum atomic E-state index is 9.97. The van der Waals surface area contributed by atoms with Gasteiger partial charge in [0, 0.05) is 16.7 Å². The molecule has 1 aliphatic rings. The minimum absolute atomic E-state index is 0.573. The first-order chi connectivity index (χ1) is 33.6. The third kappa shape index (κ3) is 7.18. The van der Waals surface area contributed by atoms with Crippen LogP contribution < -0.4 is 0 Å². The lowest BCUT2D eigenvalue weighted by atomic mass is 9.89. The van der Waals surface area contributed by atoms with Crippen LogP contribution in [-0.2, 0) is 0 Å². The second-order valence-corrected chi connectivity index (χ2v) is 17.0. The highest BCUT2D eigenvalue weighted by atomic mass is 15.0. The molecule has 0 radical (unpaired) electrons. The second kappa shape index (κ2) is 16.8. The van der Waals surface area contributed by atoms with Crippen LogP contribution in [0, 0.1) is 22.7 Å². The first-order valence-corrected chi connectivity index (χ1v) is 22.5. The minimum atomic E-state index is 0.573. The lowest BCUT2D eigenvalue weighted by Crippen LogP contribution is -2.00. The fraction of sp³-hybridized carbons (Fsp3) is 0. The zero-order valence-electron chi connectivity index (χ0n) is 36.6. The summed E-state index contributed by atoms with van der Waals surface area (Å²) in [5.41, 5.74) is 19.7. The average molecular weight is 864 g/mol. The first-order valence-electron chi connectivity index (χ1n) is 22.5. The molecule has 10 aromatic carbocycles. The van der Waals surface area contributed by atoms with Crippen LogP contribution in [0.3, 0.4) is 0 Å². The molecule has 0 atom stereocenters. The van der Waals surface area contributed by atoms with Gasteiger partial charge in [0.25, 0.3) is 0 Å². The number of hydrogen-bond acceptors (Lipinski definition) is 5. The van der Waals surface area contributed by atoms with Crippen molar-refractivity contribution in [1.29, 1.82) is 10.5 Å². The van der Waals surface area contributed by atoms with E-state index in [1.165, 1.54) is 44.2 Å². The highest BCUT2D eigenvalue weighted by Gasteiger charge is 2.24. The van der Waals surface area contributed by atoms with E-state index in [9.17, 15) is 10.5 Å². The van der Waals surface area contributed by atoms with Gasteiger partial charge in [-0.05, 0) is 119 Å². The van der Waals surface area contributed by atoms with Crippen molar-refractivity contribution in [2.24, 2.45) is 0 Å². The van der Waals surface area contributed by atoms with Gasteiger partial charge in [0.1, 0.15) is 0 Å². The molecule has 0 amide bonds. The average Bonchev–Trinajstić information content (AvgIpc) is 3.76. The quantitative estimate of drug-likeness (QED) is 0.152. The summed E-state index contributed by atoms with van der Waals surface area (Å²) in [6, 6.07) is 81.7. The van der Waals surface area contributed by atoms with Gasteiger partial charge >= 0.3 is 0 Å². The third-order valence-corrected chi connectivity index (χ3v) is 13.0. The molecule has 5 nitrogen and oxygen atoms in total. The van der Waals surface area contributed by atoms with E-state index < -0.39 is 0 Å². The third-order valence-electron chi connectivity index (χ3n) is 13.0. The molecule has 0 saturated heterocycles. The molecule has 314 valence electrons. The zero-order valence-corrected chi connectivity index (χ0v) is 36.6. The Kier molecular flexibility index (Phi) is 9.87. The van der Waals surface area contributed by atoms with Gasteiger partial charge in [0.2, 0.25) is 0 Å². The summed E-state index contributed by atoms with van der Waals surface area (Å²) in [5, 5.41) is 21.9. The van der Waals surface area contributed by atoms with Crippen LogP contribution >= 0.6 is 0 Å². The molecule has 68 heavy (non-hydrogen) atoms. The Bertz CT molecular complexity index is 3820. The molecule has 0 unspecified atom stereocenters. The highest BCUT2D eigenvalue weighted by Crippen LogP contribution is 2.51. The normalized spacial score (nSPS) is 11.2. The van der Waals surface area contributed by atoms with Crippen molar-refractivity contribution in [3.63, 3.8) is 0 Å². The van der Waals surface area contributed by atoms with Crippen molar-refractivity contribution in [1.82, 2.24) is 15.0 Å². The monoisotopic (exact) mass is 863 g/mol. The summed E-state index contributed by atoms with van der Waals surface area (Å²) >= 11 is 0. The molecular weight excluding hydrogens is 827 g/mol. The van der Waals surface area contributed by atoms with Gasteiger partial charge in [-0.2, -0.15) is 10.5 Å². The number of rotatable bonds is 8. The fourth-order valence-corrected chi connectivity index (χ4v) is 9.57. The number of nitrogens with zero attached hydrogens (tertiary/aromatic N) is 5. The molecule has 0 saturated carbocycles. The van der Waals surface area contributed by atoms with Crippen LogP contribution in [-0.4, -0.2) is 15.0 Å². The van der Waals surface area contributed by atoms with Crippen LogP contribution in [0.15, 0.2) is 224 Å². The van der Waals surface area contributed by atoms with E-state index in [1.54, 1.807) is 0 Å². The van der Waals surface area contributed by atoms with Crippen LogP contribution in [0.25, 0.3) is 123 Å². The van der Waals surface area contributed by atoms with Gasteiger partial charge in [0.15, 0.2) is 17.5 Å². The van der Waals surface area contributed by atoms with E-state index in [0.29, 0.717) is 28.6 Å². The molecule has 0 N–H and O–H groups in total. The van der Waals surface area contributed by atoms with Crippen LogP contribution in [0.2, 0.25) is 0 Å². The second-order valence-electron chi connectivity index (χ2n) is 17.0. The summed E-state index contributed by atoms with van der Waals surface area (Å²) in [4.78, 5) is 14.9. The van der Waals surface area contributed by atoms with Gasteiger partial charge < -0.3 is 0 Å². The Labute approximate surface area is 394 Å². The van der Waals surface area contributed by atoms with Crippen LogP contribution in [0.5, 0.6) is 0 Å². The molecular formula is C63H37N5. The number of fused-ring (bicyclic) bond motifs is 3. The van der Waals surface area contributed by atoms with E-state index in [0.717, 1.165) is 61.2 Å². The molecule has 11 aromatic rings. The van der Waals surface area contributed by atoms with Crippen molar-refractivity contribution in [3.05, 3.63) is 236 Å². The van der Waals surface area contributed by atoms with Gasteiger partial charge in [0.05, 0.1) is 23.3 Å². The summed E-state index contributed by atoms with van der Waals surface area (Å²) < 4.78 is 0. The molecule has 1 heterocycles. The summed E-state index contributed by atoms with van der Waals surface area (Å²) in [7, 11) is 0. The largest absolute Gasteiger partial charge is 0.208 e. The van der Waals surface area contributed by atoms with Crippen molar-refractivity contribution >= 4 is 10.8 Å². The summed E-state index contributed by atoms with van der Waals surface area (Å²) in [6.07, 6.45) is 0. The Balaban J connectivity index is 0.842. The van der Waals surface area contributed by atoms with E-state index >= 15 is 0 Å². The summed E-state index contributed by atoms with van der Waals surface area (Å²) in [5.74, 6) is 1.74. The Morgan fingerprint density at radius 2 is 0.721 bits per heavy atom. The standard InChI is InChI=1S/C63H37N5/c64-38-40-16-19-44(20-17-40)51-11-6-12-52(37-51)63-67-61(49-8-2-1-3-9-49)66-62(68-63)50-31-23-43(24-32-50)42-21-25-47(26-22-42)58-36-41(39-65)18-34-53(58)45-27-29-46(30-28-45)54-35-33-48-10-7-15-56-55-13-4-5-14-57(55)60(54)59(48)56/h1-37H. The summed E-state index contributed by atoms with van der Waals surface area (Å²) in [6.45, 7) is 0. The topological polar surface area (TPSA) is 86.2 Å². The van der Waals surface area contributed by atoms with Crippen molar-refractivity contribution in [2.45, 2.75) is 0 Å². The smallest absolute Gasteiger partial charge is 0.164 e. The molecule has 12 rings (SSSR count). The van der Waals surface area contributed by atoms with E-state index in [4.69, 9.17) is 15.0 Å². The number of nitriles is 2. The van der Waals surface area contributed by atoms with E-state index in [2.05, 4.69) is 152 Å². The lowest BCUT2D eigenvalue weighted by Gasteiger charge is -2.14. The van der Waals surface area contributed by atoms with Crippen molar-refractivity contribution < 1.29 is 0 Å². The number of benzene rings is 10. The Morgan fingerprint density at radius 3 is 1.40 bits per heavy atom. The minimum Gasteiger partial charge on any atom is -0.208 e. The Morgan fingerprint density at radius 1 is 0.265 bits per heavy atom. The molecule has 0 bridgehead atoms. The van der Waals surface area contributed by atoms with Gasteiger partial charge in [-0.1, -0.05) is 194 Å². The SMILES string of the molecule is N#Cc1ccc(-c2cccc(-c3nc(-c4ccccc4)nc(-c4ccc(-c5ccc(-c6cc(C#N)ccc6-c6ccc(-c7ccc8cccc9c8c7-c7ccccc7-9)cc6)cc5)cc4)n3)c2)cc1. The van der Waals surface area contributed by atoms with E-state index in [1.807, 2.05) is 84.9 Å². The number of aromatic nitrogens is 3. The highest BCUT2D eigenvalue weighted by molar-refractivity contribution is 6.19. The molecule has 1 aromatic heterocycles. The number of hydrogen-bond donors (Lipinski definition) is 0. The molecule has 0 aliphatic heterocycles. The first kappa shape index (κ1) is 40.0. The maximum Gasteiger partial charge on any atom is 0.164 e. The molecule has 1 aliphatic carbocycles. The van der Waals surface area contributed by atoms with Crippen LogP contribution in [0.1, 0.15) is 11.1 Å². The maximum absolute atomic E-state index is 9.97. The van der Waals surface area contributed by atoms with Crippen molar-refractivity contribution in [2.75, 3.05) is 0 Å². The van der Waals surface area contributed by atoms with Gasteiger partial charge in [-0.15, -0.1) is 0 Å². The zero-order chi connectivity index (χ0) is 45.6. The van der Waals surface area contributed by atoms with Crippen LogP contribution in [0.4, 0.5) is 0 Å². The molecule has 0 fully saturated rings. The molecule has 0 spiro atoms. The van der Waals surface area contributed by atoms with E-state index in [-0.39, 0.29) is 0 Å². The fourth-order valence-electron chi connectivity index (χ4n) is 9.57.